The van der Waals surface area contributed by atoms with Gasteiger partial charge in [-0.05, 0) is 24.6 Å². The fraction of sp³-hybridized carbons (Fsp3) is 0.214. The number of carboxylic acids is 1. The molecule has 2 rings (SSSR count). The molecule has 0 aliphatic carbocycles. The van der Waals surface area contributed by atoms with Crippen LogP contribution in [-0.2, 0) is 14.3 Å². The van der Waals surface area contributed by atoms with Crippen LogP contribution in [0.2, 0.25) is 0 Å². The molecule has 1 atom stereocenters. The molecule has 2 aromatic rings. The molecule has 3 N–H and O–H groups in total. The summed E-state index contributed by atoms with van der Waals surface area (Å²) in [4.78, 5) is 26.7. The molecule has 7 nitrogen and oxygen atoms in total. The zero-order valence-corrected chi connectivity index (χ0v) is 15.8. The number of carbonyl (C=O) groups excluding carboxylic acids is 2. The van der Waals surface area contributed by atoms with Gasteiger partial charge in [0, 0.05) is 11.8 Å². The Labute approximate surface area is 158 Å². The van der Waals surface area contributed by atoms with E-state index in [4.69, 9.17) is 5.73 Å². The molecule has 0 spiro atoms. The van der Waals surface area contributed by atoms with Crippen molar-refractivity contribution in [2.75, 3.05) is 12.8 Å². The van der Waals surface area contributed by atoms with E-state index >= 15 is 0 Å². The van der Waals surface area contributed by atoms with Crippen molar-refractivity contribution in [1.29, 1.82) is 0 Å². The Bertz CT molecular complexity index is 760. The van der Waals surface area contributed by atoms with Crippen molar-refractivity contribution in [2.24, 2.45) is 0 Å². The van der Waals surface area contributed by atoms with Gasteiger partial charge in [0.1, 0.15) is 0 Å². The van der Waals surface area contributed by atoms with Crippen LogP contribution >= 0.6 is 11.3 Å². The normalized spacial score (nSPS) is 12.3. The van der Waals surface area contributed by atoms with E-state index in [9.17, 15) is 14.7 Å². The predicted molar refractivity (Wildman–Crippen MR) is 80.7 cm³/mol. The quantitative estimate of drug-likeness (QED) is 0.346. The largest absolute Gasteiger partial charge is 1.00 e. The third-order valence-corrected chi connectivity index (χ3v) is 3.75. The maximum Gasteiger partial charge on any atom is 1.00 e. The third-order valence-electron chi connectivity index (χ3n) is 2.91. The van der Waals surface area contributed by atoms with Gasteiger partial charge in [-0.15, -0.1) is 0 Å². The molecule has 0 radical (unpaired) electrons. The zero-order valence-electron chi connectivity index (χ0n) is 13.0. The number of nitrogens with zero attached hydrogens (tertiary/aromatic N) is 1. The molecule has 0 aliphatic rings. The number of fused-ring (bicyclic) bond motifs is 1. The monoisotopic (exact) mass is 343 g/mol. The molecule has 9 heteroatoms. The number of methoxy groups -OCH3 is 1. The molecule has 0 aliphatic heterocycles. The number of nitrogens with one attached hydrogen (secondary N) is 1. The molecule has 1 heterocycles. The van der Waals surface area contributed by atoms with E-state index < -0.39 is 18.0 Å². The van der Waals surface area contributed by atoms with Crippen molar-refractivity contribution in [2.45, 2.75) is 13.0 Å². The molecule has 23 heavy (non-hydrogen) atoms. The average Bonchev–Trinajstić information content (AvgIpc) is 2.83. The minimum absolute atomic E-state index is 0. The van der Waals surface area contributed by atoms with E-state index in [1.807, 2.05) is 0 Å². The summed E-state index contributed by atoms with van der Waals surface area (Å²) in [6, 6.07) is 3.89. The number of benzene rings is 1. The number of ether oxygens (including phenoxy) is 1. The molecule has 1 unspecified atom stereocenters. The number of anilines is 1. The second-order valence-electron chi connectivity index (χ2n) is 4.53. The molecular weight excluding hydrogens is 329 g/mol. The summed E-state index contributed by atoms with van der Waals surface area (Å²) in [5.41, 5.74) is 7.16. The van der Waals surface area contributed by atoms with E-state index in [0.717, 1.165) is 4.70 Å². The van der Waals surface area contributed by atoms with Crippen molar-refractivity contribution >= 4 is 38.6 Å². The first-order valence-electron chi connectivity index (χ1n) is 6.30. The summed E-state index contributed by atoms with van der Waals surface area (Å²) in [6.45, 7) is 1.57. The Morgan fingerprint density at radius 1 is 1.48 bits per heavy atom. The number of rotatable bonds is 5. The van der Waals surface area contributed by atoms with Crippen molar-refractivity contribution in [3.05, 3.63) is 35.5 Å². The van der Waals surface area contributed by atoms with E-state index in [1.54, 1.807) is 25.1 Å². The van der Waals surface area contributed by atoms with Gasteiger partial charge in [0.2, 0.25) is 0 Å². The van der Waals surface area contributed by atoms with Crippen molar-refractivity contribution in [3.63, 3.8) is 0 Å². The number of aliphatic carboxylic acids is 1. The van der Waals surface area contributed by atoms with Gasteiger partial charge in [-0.1, -0.05) is 17.4 Å². The molecule has 0 fully saturated rings. The van der Waals surface area contributed by atoms with Gasteiger partial charge in [0.15, 0.2) is 5.13 Å². The summed E-state index contributed by atoms with van der Waals surface area (Å²) >= 11 is 1.27. The average molecular weight is 343 g/mol. The van der Waals surface area contributed by atoms with Crippen LogP contribution < -0.4 is 45.7 Å². The first-order chi connectivity index (χ1) is 10.4. The van der Waals surface area contributed by atoms with Gasteiger partial charge in [0.25, 0.3) is 0 Å². The maximum absolute atomic E-state index is 11.4. The van der Waals surface area contributed by atoms with Crippen LogP contribution in [0.3, 0.4) is 0 Å². The second kappa shape index (κ2) is 8.30. The van der Waals surface area contributed by atoms with Crippen LogP contribution in [0.1, 0.15) is 18.5 Å². The van der Waals surface area contributed by atoms with Gasteiger partial charge in [-0.25, -0.2) is 9.78 Å². The molecule has 0 bridgehead atoms. The minimum Gasteiger partial charge on any atom is -0.548 e. The van der Waals surface area contributed by atoms with Gasteiger partial charge in [-0.3, -0.25) is 0 Å². The maximum atomic E-state index is 11.4. The van der Waals surface area contributed by atoms with Gasteiger partial charge in [-0.2, -0.15) is 0 Å². The van der Waals surface area contributed by atoms with Crippen LogP contribution in [0.5, 0.6) is 0 Å². The molecule has 1 aromatic heterocycles. The number of esters is 1. The Kier molecular flexibility index (Phi) is 7.01. The van der Waals surface area contributed by atoms with Gasteiger partial charge < -0.3 is 25.7 Å². The molecule has 0 saturated heterocycles. The first-order valence-corrected chi connectivity index (χ1v) is 7.12. The minimum atomic E-state index is -1.31. The van der Waals surface area contributed by atoms with Crippen LogP contribution in [0, 0.1) is 0 Å². The number of carboxylic acid groups (broad SMARTS) is 1. The molecule has 1 aromatic carbocycles. The molecule has 0 saturated carbocycles. The summed E-state index contributed by atoms with van der Waals surface area (Å²) in [5.74, 6) is -1.89. The fourth-order valence-corrected chi connectivity index (χ4v) is 2.70. The van der Waals surface area contributed by atoms with Crippen LogP contribution in [-0.4, -0.2) is 24.0 Å². The fourth-order valence-electron chi connectivity index (χ4n) is 1.92. The van der Waals surface area contributed by atoms with Crippen molar-refractivity contribution < 1.29 is 49.0 Å². The summed E-state index contributed by atoms with van der Waals surface area (Å²) in [6.07, 6.45) is 1.17. The Morgan fingerprint density at radius 2 is 2.17 bits per heavy atom. The van der Waals surface area contributed by atoms with Gasteiger partial charge in [0.05, 0.1) is 29.3 Å². The second-order valence-corrected chi connectivity index (χ2v) is 5.59. The Hall–Kier alpha value is -1.61. The van der Waals surface area contributed by atoms with Gasteiger partial charge >= 0.3 is 35.5 Å². The summed E-state index contributed by atoms with van der Waals surface area (Å²) < 4.78 is 5.27. The Balaban J connectivity index is 0.00000264. The number of thiazole rings is 1. The topological polar surface area (TPSA) is 117 Å². The van der Waals surface area contributed by atoms with E-state index in [-0.39, 0.29) is 29.6 Å². The first kappa shape index (κ1) is 19.4. The molecule has 0 amide bonds. The third kappa shape index (κ3) is 4.93. The number of aromatic nitrogens is 1. The molecular formula is C14H14N3NaO4S. The van der Waals surface area contributed by atoms with E-state index in [1.165, 1.54) is 24.5 Å². The SMILES string of the molecule is COC(=O)C=C(C)NC(C(=O)[O-])c1ccc2nc(N)sc2c1.[Na+]. The van der Waals surface area contributed by atoms with E-state index in [2.05, 4.69) is 15.0 Å². The van der Waals surface area contributed by atoms with Crippen molar-refractivity contribution in [1.82, 2.24) is 10.3 Å². The number of nitrogen functional groups attached to an aromatic ring is 1. The van der Waals surface area contributed by atoms with Crippen LogP contribution in [0.25, 0.3) is 10.2 Å². The summed E-state index contributed by atoms with van der Waals surface area (Å²) in [5, 5.41) is 14.5. The van der Waals surface area contributed by atoms with Crippen molar-refractivity contribution in [3.8, 4) is 0 Å². The Morgan fingerprint density at radius 3 is 2.78 bits per heavy atom. The number of nitrogens with two attached hydrogens (primary N) is 1. The number of carbonyl (C=O) groups is 2. The number of hydrogen-bond acceptors (Lipinski definition) is 8. The van der Waals surface area contributed by atoms with Crippen LogP contribution in [0.15, 0.2) is 30.0 Å². The number of hydrogen-bond donors (Lipinski definition) is 2. The number of allylic oxidation sites excluding steroid dienone is 1. The van der Waals surface area contributed by atoms with Crippen LogP contribution in [0.4, 0.5) is 5.13 Å². The van der Waals surface area contributed by atoms with E-state index in [0.29, 0.717) is 21.9 Å². The molecule has 116 valence electrons. The standard InChI is InChI=1S/C14H15N3O4S.Na/c1-7(5-11(18)21-2)16-12(13(19)20)8-3-4-9-10(6-8)22-14(15)17-9;/h3-6,12,16H,1-2H3,(H2,15,17)(H,19,20);/q;+1/p-1. The summed E-state index contributed by atoms with van der Waals surface area (Å²) in [7, 11) is 1.24. The zero-order chi connectivity index (χ0) is 16.3. The predicted octanol–water partition coefficient (Wildman–Crippen LogP) is -2.66. The smallest absolute Gasteiger partial charge is 0.548 e.